The summed E-state index contributed by atoms with van der Waals surface area (Å²) in [5.41, 5.74) is 3.05. The van der Waals surface area contributed by atoms with Gasteiger partial charge < -0.3 is 24.0 Å². The summed E-state index contributed by atoms with van der Waals surface area (Å²) in [5, 5.41) is 19.6. The molecule has 0 amide bonds. The van der Waals surface area contributed by atoms with Crippen LogP contribution in [0.3, 0.4) is 0 Å². The van der Waals surface area contributed by atoms with Crippen LogP contribution < -0.4 is 14.4 Å². The van der Waals surface area contributed by atoms with E-state index in [9.17, 15) is 5.11 Å². The van der Waals surface area contributed by atoms with Crippen LogP contribution in [0.4, 0.5) is 5.69 Å². The van der Waals surface area contributed by atoms with Crippen molar-refractivity contribution in [3.63, 3.8) is 0 Å². The number of para-hydroxylation sites is 2. The van der Waals surface area contributed by atoms with Crippen LogP contribution in [-0.4, -0.2) is 40.3 Å². The molecule has 156 valence electrons. The molecule has 3 aromatic rings. The van der Waals surface area contributed by atoms with Crippen molar-refractivity contribution in [1.29, 1.82) is 5.41 Å². The smallest absolute Gasteiger partial charge is 0.163 e. The quantitative estimate of drug-likeness (QED) is 0.598. The Morgan fingerprint density at radius 3 is 2.50 bits per heavy atom. The highest BCUT2D eigenvalue weighted by molar-refractivity contribution is 6.30. The number of ether oxygens (including phenoxy) is 2. The lowest BCUT2D eigenvalue weighted by Gasteiger charge is -2.21. The maximum absolute atomic E-state index is 10.8. The Morgan fingerprint density at radius 2 is 1.77 bits per heavy atom. The highest BCUT2D eigenvalue weighted by Gasteiger charge is 2.33. The van der Waals surface area contributed by atoms with Crippen molar-refractivity contribution in [2.45, 2.75) is 27.3 Å². The van der Waals surface area contributed by atoms with Crippen LogP contribution in [0.2, 0.25) is 0 Å². The third kappa shape index (κ3) is 3.26. The molecule has 0 spiro atoms. The number of nitrogens with one attached hydrogen (secondary N) is 1. The molecule has 0 saturated heterocycles. The Labute approximate surface area is 175 Å². The number of aliphatic hydroxyl groups is 1. The minimum Gasteiger partial charge on any atom is -0.509 e. The number of imidazole rings is 1. The highest BCUT2D eigenvalue weighted by Crippen LogP contribution is 2.37. The van der Waals surface area contributed by atoms with Gasteiger partial charge in [-0.3, -0.25) is 5.41 Å². The zero-order chi connectivity index (χ0) is 21.3. The molecule has 1 aliphatic rings. The molecule has 0 atom stereocenters. The Kier molecular flexibility index (Phi) is 5.35. The molecule has 0 bridgehead atoms. The molecule has 0 aliphatic carbocycles. The van der Waals surface area contributed by atoms with Gasteiger partial charge in [-0.25, -0.2) is 4.98 Å². The van der Waals surface area contributed by atoms with Gasteiger partial charge in [0.1, 0.15) is 17.4 Å². The first kappa shape index (κ1) is 19.8. The molecule has 1 aliphatic heterocycles. The van der Waals surface area contributed by atoms with Crippen LogP contribution in [0.25, 0.3) is 16.6 Å². The normalized spacial score (nSPS) is 14.1. The van der Waals surface area contributed by atoms with Crippen LogP contribution in [0.1, 0.15) is 26.6 Å². The third-order valence-corrected chi connectivity index (χ3v) is 5.14. The number of fused-ring (bicyclic) bond motifs is 1. The number of benzene rings is 2. The Morgan fingerprint density at radius 1 is 1.03 bits per heavy atom. The fourth-order valence-corrected chi connectivity index (χ4v) is 3.83. The molecule has 4 rings (SSSR count). The van der Waals surface area contributed by atoms with Crippen LogP contribution in [0, 0.1) is 5.41 Å². The first-order chi connectivity index (χ1) is 14.6. The number of aromatic nitrogens is 2. The number of hydrogen-bond donors (Lipinski definition) is 2. The number of aliphatic hydroxyl groups excluding tert-OH is 1. The number of anilines is 1. The second-order valence-electron chi connectivity index (χ2n) is 6.92. The average molecular weight is 406 g/mol. The summed E-state index contributed by atoms with van der Waals surface area (Å²) in [4.78, 5) is 6.47. The molecule has 0 fully saturated rings. The summed E-state index contributed by atoms with van der Waals surface area (Å²) in [7, 11) is 0. The molecule has 0 unspecified atom stereocenters. The van der Waals surface area contributed by atoms with E-state index in [-0.39, 0.29) is 18.1 Å². The van der Waals surface area contributed by atoms with Crippen molar-refractivity contribution < 1.29 is 14.6 Å². The number of aryl methyl sites for hydroxylation is 1. The molecule has 7 heteroatoms. The lowest BCUT2D eigenvalue weighted by Crippen LogP contribution is -2.26. The SMILES string of the molecule is CCOc1ccc(N2CC(O)=C(c3nc4ccccc4n3CC)C2=N)cc1OCC. The van der Waals surface area contributed by atoms with E-state index in [4.69, 9.17) is 19.9 Å². The largest absolute Gasteiger partial charge is 0.509 e. The lowest BCUT2D eigenvalue weighted by molar-refractivity contribution is 0.288. The molecule has 0 radical (unpaired) electrons. The number of hydrogen-bond acceptors (Lipinski definition) is 5. The van der Waals surface area contributed by atoms with Gasteiger partial charge in [-0.05, 0) is 45.0 Å². The molecule has 0 saturated carbocycles. The number of amidine groups is 1. The van der Waals surface area contributed by atoms with Crippen molar-refractivity contribution in [3.8, 4) is 11.5 Å². The van der Waals surface area contributed by atoms with Crippen LogP contribution in [-0.2, 0) is 6.54 Å². The van der Waals surface area contributed by atoms with Crippen LogP contribution >= 0.6 is 0 Å². The van der Waals surface area contributed by atoms with E-state index in [2.05, 4.69) is 0 Å². The molecule has 30 heavy (non-hydrogen) atoms. The summed E-state index contributed by atoms with van der Waals surface area (Å²) < 4.78 is 13.4. The number of nitrogens with zero attached hydrogens (tertiary/aromatic N) is 3. The minimum atomic E-state index is 0.136. The predicted molar refractivity (Wildman–Crippen MR) is 119 cm³/mol. The summed E-state index contributed by atoms with van der Waals surface area (Å²) in [5.74, 6) is 2.25. The Hall–Kier alpha value is -3.48. The predicted octanol–water partition coefficient (Wildman–Crippen LogP) is 4.62. The van der Waals surface area contributed by atoms with E-state index >= 15 is 0 Å². The van der Waals surface area contributed by atoms with Gasteiger partial charge in [0.05, 0.1) is 36.4 Å². The van der Waals surface area contributed by atoms with E-state index < -0.39 is 0 Å². The van der Waals surface area contributed by atoms with Gasteiger partial charge in [0.2, 0.25) is 0 Å². The second-order valence-corrected chi connectivity index (χ2v) is 6.92. The van der Waals surface area contributed by atoms with E-state index in [0.29, 0.717) is 42.7 Å². The molecule has 1 aromatic heterocycles. The van der Waals surface area contributed by atoms with Gasteiger partial charge in [-0.1, -0.05) is 12.1 Å². The van der Waals surface area contributed by atoms with Crippen molar-refractivity contribution in [2.75, 3.05) is 24.7 Å². The van der Waals surface area contributed by atoms with Crippen LogP contribution in [0.15, 0.2) is 48.2 Å². The van der Waals surface area contributed by atoms with E-state index in [1.807, 2.05) is 67.8 Å². The molecule has 2 N–H and O–H groups in total. The van der Waals surface area contributed by atoms with Gasteiger partial charge >= 0.3 is 0 Å². The lowest BCUT2D eigenvalue weighted by atomic mass is 10.2. The monoisotopic (exact) mass is 406 g/mol. The molecule has 2 aromatic carbocycles. The minimum absolute atomic E-state index is 0.136. The Bertz CT molecular complexity index is 1130. The average Bonchev–Trinajstić information content (AvgIpc) is 3.25. The van der Waals surface area contributed by atoms with Crippen LogP contribution in [0.5, 0.6) is 11.5 Å². The molecular weight excluding hydrogens is 380 g/mol. The summed E-state index contributed by atoms with van der Waals surface area (Å²) >= 11 is 0. The van der Waals surface area contributed by atoms with E-state index in [1.165, 1.54) is 0 Å². The Balaban J connectivity index is 1.72. The standard InChI is InChI=1S/C23H26N4O3/c1-4-26-17-10-8-7-9-16(17)25-23(26)21-18(28)14-27(22(21)24)15-11-12-19(29-5-2)20(13-15)30-6-3/h7-13,24,28H,4-6,14H2,1-3H3. The maximum atomic E-state index is 10.8. The van der Waals surface area contributed by atoms with Crippen molar-refractivity contribution in [2.24, 2.45) is 0 Å². The van der Waals surface area contributed by atoms with Crippen molar-refractivity contribution in [3.05, 3.63) is 54.0 Å². The second kappa shape index (κ2) is 8.10. The summed E-state index contributed by atoms with van der Waals surface area (Å²) in [6.07, 6.45) is 0. The van der Waals surface area contributed by atoms with Gasteiger partial charge in [-0.15, -0.1) is 0 Å². The van der Waals surface area contributed by atoms with E-state index in [1.54, 1.807) is 4.90 Å². The molecule has 2 heterocycles. The highest BCUT2D eigenvalue weighted by atomic mass is 16.5. The topological polar surface area (TPSA) is 83.6 Å². The summed E-state index contributed by atoms with van der Waals surface area (Å²) in [6.45, 7) is 7.83. The van der Waals surface area contributed by atoms with Gasteiger partial charge in [0, 0.05) is 18.3 Å². The molecule has 7 nitrogen and oxygen atoms in total. The van der Waals surface area contributed by atoms with E-state index in [0.717, 1.165) is 16.7 Å². The fraction of sp³-hybridized carbons (Fsp3) is 0.304. The number of rotatable bonds is 7. The van der Waals surface area contributed by atoms with Gasteiger partial charge in [0.15, 0.2) is 11.5 Å². The fourth-order valence-electron chi connectivity index (χ4n) is 3.83. The third-order valence-electron chi connectivity index (χ3n) is 5.14. The van der Waals surface area contributed by atoms with Crippen molar-refractivity contribution >= 4 is 28.1 Å². The maximum Gasteiger partial charge on any atom is 0.163 e. The first-order valence-corrected chi connectivity index (χ1v) is 10.2. The first-order valence-electron chi connectivity index (χ1n) is 10.2. The summed E-state index contributed by atoms with van der Waals surface area (Å²) in [6, 6.07) is 13.4. The molecular formula is C23H26N4O3. The zero-order valence-corrected chi connectivity index (χ0v) is 17.5. The zero-order valence-electron chi connectivity index (χ0n) is 17.5. The van der Waals surface area contributed by atoms with Gasteiger partial charge in [0.25, 0.3) is 0 Å². The van der Waals surface area contributed by atoms with Gasteiger partial charge in [-0.2, -0.15) is 0 Å². The van der Waals surface area contributed by atoms with Crippen molar-refractivity contribution in [1.82, 2.24) is 9.55 Å².